The van der Waals surface area contributed by atoms with E-state index in [2.05, 4.69) is 13.0 Å². The van der Waals surface area contributed by atoms with Crippen molar-refractivity contribution in [2.75, 3.05) is 22.5 Å². The maximum Gasteiger partial charge on any atom is 0.268 e. The van der Waals surface area contributed by atoms with Crippen LogP contribution in [0.15, 0.2) is 48.5 Å². The molecule has 5 nitrogen and oxygen atoms in total. The van der Waals surface area contributed by atoms with Crippen LogP contribution in [0.2, 0.25) is 0 Å². The highest BCUT2D eigenvalue weighted by Crippen LogP contribution is 2.36. The quantitative estimate of drug-likeness (QED) is 0.670. The fourth-order valence-electron chi connectivity index (χ4n) is 3.52. The molecule has 0 radical (unpaired) electrons. The molecule has 0 saturated heterocycles. The molecule has 0 fully saturated rings. The molecule has 0 spiro atoms. The lowest BCUT2D eigenvalue weighted by atomic mass is 10.1. The summed E-state index contributed by atoms with van der Waals surface area (Å²) in [5.74, 6) is -0.00772. The number of sulfonamides is 1. The molecule has 0 N–H and O–H groups in total. The van der Waals surface area contributed by atoms with E-state index < -0.39 is 10.0 Å². The molecule has 1 aliphatic heterocycles. The number of thiophene rings is 1. The Morgan fingerprint density at radius 2 is 1.93 bits per heavy atom. The Labute approximate surface area is 162 Å². The first-order valence-corrected chi connectivity index (χ1v) is 11.3. The van der Waals surface area contributed by atoms with Crippen molar-refractivity contribution < 1.29 is 13.2 Å². The number of nitrogens with zero attached hydrogens (tertiary/aromatic N) is 2. The van der Waals surface area contributed by atoms with Gasteiger partial charge in [0.1, 0.15) is 0 Å². The lowest BCUT2D eigenvalue weighted by molar-refractivity contribution is 0.0985. The largest absolute Gasteiger partial charge is 0.304 e. The molecule has 27 heavy (non-hydrogen) atoms. The van der Waals surface area contributed by atoms with Crippen LogP contribution in [0.3, 0.4) is 0 Å². The van der Waals surface area contributed by atoms with Gasteiger partial charge in [-0.15, -0.1) is 11.3 Å². The van der Waals surface area contributed by atoms with Gasteiger partial charge in [-0.25, -0.2) is 8.42 Å². The van der Waals surface area contributed by atoms with E-state index in [1.54, 1.807) is 6.07 Å². The first kappa shape index (κ1) is 18.0. The molecule has 3 aromatic rings. The van der Waals surface area contributed by atoms with Crippen molar-refractivity contribution in [2.45, 2.75) is 19.4 Å². The van der Waals surface area contributed by atoms with Gasteiger partial charge in [-0.05, 0) is 54.6 Å². The highest BCUT2D eigenvalue weighted by atomic mass is 32.2. The van der Waals surface area contributed by atoms with Crippen molar-refractivity contribution in [2.24, 2.45) is 0 Å². The van der Waals surface area contributed by atoms with Crippen LogP contribution >= 0.6 is 11.3 Å². The molecular weight excluding hydrogens is 380 g/mol. The third-order valence-corrected chi connectivity index (χ3v) is 7.31. The van der Waals surface area contributed by atoms with Crippen LogP contribution < -0.4 is 9.21 Å². The summed E-state index contributed by atoms with van der Waals surface area (Å²) < 4.78 is 25.8. The Hall–Kier alpha value is -2.38. The van der Waals surface area contributed by atoms with Crippen molar-refractivity contribution in [3.05, 3.63) is 59.0 Å². The van der Waals surface area contributed by atoms with Gasteiger partial charge in [0.05, 0.1) is 16.8 Å². The average molecular weight is 401 g/mol. The maximum absolute atomic E-state index is 13.2. The van der Waals surface area contributed by atoms with Crippen LogP contribution in [0, 0.1) is 0 Å². The van der Waals surface area contributed by atoms with Gasteiger partial charge in [-0.2, -0.15) is 0 Å². The molecule has 0 unspecified atom stereocenters. The van der Waals surface area contributed by atoms with E-state index in [0.717, 1.165) is 22.2 Å². The lowest BCUT2D eigenvalue weighted by Gasteiger charge is -2.21. The van der Waals surface area contributed by atoms with Gasteiger partial charge in [-0.3, -0.25) is 9.10 Å². The number of amides is 1. The van der Waals surface area contributed by atoms with E-state index in [-0.39, 0.29) is 11.9 Å². The topological polar surface area (TPSA) is 57.7 Å². The Kier molecular flexibility index (Phi) is 4.24. The monoisotopic (exact) mass is 400 g/mol. The van der Waals surface area contributed by atoms with Crippen LogP contribution in [0.5, 0.6) is 0 Å². The molecule has 4 rings (SSSR count). The minimum absolute atomic E-state index is 0.00772. The van der Waals surface area contributed by atoms with Crippen molar-refractivity contribution in [3.8, 4) is 0 Å². The van der Waals surface area contributed by atoms with E-state index in [4.69, 9.17) is 0 Å². The first-order chi connectivity index (χ1) is 12.8. The Morgan fingerprint density at radius 1 is 1.19 bits per heavy atom. The highest BCUT2D eigenvalue weighted by Gasteiger charge is 2.32. The summed E-state index contributed by atoms with van der Waals surface area (Å²) >= 11 is 1.44. The second-order valence-electron chi connectivity index (χ2n) is 6.92. The Bertz CT molecular complexity index is 1150. The zero-order chi connectivity index (χ0) is 19.3. The second kappa shape index (κ2) is 6.35. The zero-order valence-electron chi connectivity index (χ0n) is 15.3. The van der Waals surface area contributed by atoms with Crippen LogP contribution in [-0.2, 0) is 16.4 Å². The molecule has 7 heteroatoms. The SMILES string of the molecule is C[C@H]1Cc2ccccc2N1C(=O)c1cc2cc(N(C)S(C)(=O)=O)ccc2s1. The van der Waals surface area contributed by atoms with Crippen LogP contribution in [0.4, 0.5) is 11.4 Å². The smallest absolute Gasteiger partial charge is 0.268 e. The molecular formula is C20H20N2O3S2. The van der Waals surface area contributed by atoms with Gasteiger partial charge in [0, 0.05) is 23.5 Å². The molecule has 1 atom stereocenters. The third kappa shape index (κ3) is 3.11. The van der Waals surface area contributed by atoms with Crippen molar-refractivity contribution in [3.63, 3.8) is 0 Å². The predicted molar refractivity (Wildman–Crippen MR) is 111 cm³/mol. The summed E-state index contributed by atoms with van der Waals surface area (Å²) in [4.78, 5) is 15.7. The number of hydrogen-bond acceptors (Lipinski definition) is 4. The third-order valence-electron chi connectivity index (χ3n) is 5.00. The van der Waals surface area contributed by atoms with Crippen molar-refractivity contribution >= 4 is 48.7 Å². The summed E-state index contributed by atoms with van der Waals surface area (Å²) in [5, 5.41) is 0.872. The Balaban J connectivity index is 1.71. The second-order valence-corrected chi connectivity index (χ2v) is 10.0. The van der Waals surface area contributed by atoms with E-state index >= 15 is 0 Å². The van der Waals surface area contributed by atoms with Gasteiger partial charge in [0.15, 0.2) is 0 Å². The minimum atomic E-state index is -3.33. The van der Waals surface area contributed by atoms with Gasteiger partial charge in [0.2, 0.25) is 10.0 Å². The summed E-state index contributed by atoms with van der Waals surface area (Å²) in [6.45, 7) is 2.06. The molecule has 0 aliphatic carbocycles. The van der Waals surface area contributed by atoms with E-state index in [0.29, 0.717) is 10.6 Å². The van der Waals surface area contributed by atoms with Crippen LogP contribution in [0.1, 0.15) is 22.2 Å². The summed E-state index contributed by atoms with van der Waals surface area (Å²) in [7, 11) is -1.80. The molecule has 1 amide bonds. The number of carbonyl (C=O) groups excluding carboxylic acids is 1. The lowest BCUT2D eigenvalue weighted by Crippen LogP contribution is -2.35. The van der Waals surface area contributed by atoms with Crippen LogP contribution in [-0.4, -0.2) is 33.7 Å². The van der Waals surface area contributed by atoms with E-state index in [1.807, 2.05) is 41.3 Å². The van der Waals surface area contributed by atoms with Gasteiger partial charge < -0.3 is 4.90 Å². The summed E-state index contributed by atoms with van der Waals surface area (Å²) in [5.41, 5.74) is 2.75. The van der Waals surface area contributed by atoms with Crippen LogP contribution in [0.25, 0.3) is 10.1 Å². The fraction of sp³-hybridized carbons (Fsp3) is 0.250. The molecule has 0 bridgehead atoms. The number of para-hydroxylation sites is 1. The molecule has 2 aromatic carbocycles. The number of hydrogen-bond donors (Lipinski definition) is 0. The predicted octanol–water partition coefficient (Wildman–Crippen LogP) is 3.89. The zero-order valence-corrected chi connectivity index (χ0v) is 17.0. The van der Waals surface area contributed by atoms with E-state index in [9.17, 15) is 13.2 Å². The van der Waals surface area contributed by atoms with Crippen molar-refractivity contribution in [1.29, 1.82) is 0 Å². The molecule has 140 valence electrons. The summed E-state index contributed by atoms with van der Waals surface area (Å²) in [6.07, 6.45) is 2.03. The molecule has 1 aliphatic rings. The molecule has 1 aromatic heterocycles. The van der Waals surface area contributed by atoms with Gasteiger partial charge in [0.25, 0.3) is 5.91 Å². The first-order valence-electron chi connectivity index (χ1n) is 8.64. The maximum atomic E-state index is 13.2. The normalized spacial score (nSPS) is 16.6. The van der Waals surface area contributed by atoms with Gasteiger partial charge >= 0.3 is 0 Å². The minimum Gasteiger partial charge on any atom is -0.304 e. The summed E-state index contributed by atoms with van der Waals surface area (Å²) in [6, 6.07) is 15.4. The number of carbonyl (C=O) groups is 1. The Morgan fingerprint density at radius 3 is 2.67 bits per heavy atom. The fourth-order valence-corrected chi connectivity index (χ4v) is 4.99. The average Bonchev–Trinajstić information content (AvgIpc) is 3.19. The molecule has 2 heterocycles. The van der Waals surface area contributed by atoms with Crippen molar-refractivity contribution in [1.82, 2.24) is 0 Å². The molecule has 0 saturated carbocycles. The number of anilines is 2. The van der Waals surface area contributed by atoms with E-state index in [1.165, 1.54) is 34.5 Å². The van der Waals surface area contributed by atoms with Gasteiger partial charge in [-0.1, -0.05) is 18.2 Å². The standard InChI is InChI=1S/C20H20N2O3S2/c1-13-10-14-6-4-5-7-17(14)22(13)20(23)19-12-15-11-16(8-9-18(15)26-19)21(2)27(3,24)25/h4-9,11-13H,10H2,1-3H3/t13-/m0/s1. The number of rotatable bonds is 3. The highest BCUT2D eigenvalue weighted by molar-refractivity contribution is 7.92. The number of fused-ring (bicyclic) bond motifs is 2. The number of benzene rings is 2.